The standard InChI is InChI=1S/C16H17NO2/c18-15-7-4-11(8-16(15)19)10-17-14-6-5-12-2-1-3-13(12)9-14/h4-9,17-19H,1-3,10H2. The fraction of sp³-hybridized carbons (Fsp3) is 0.250. The Bertz CT molecular complexity index is 608. The summed E-state index contributed by atoms with van der Waals surface area (Å²) < 4.78 is 0. The summed E-state index contributed by atoms with van der Waals surface area (Å²) >= 11 is 0. The van der Waals surface area contributed by atoms with Crippen LogP contribution in [-0.2, 0) is 19.4 Å². The van der Waals surface area contributed by atoms with Crippen LogP contribution in [0, 0.1) is 0 Å². The highest BCUT2D eigenvalue weighted by Gasteiger charge is 2.10. The second-order valence-electron chi connectivity index (χ2n) is 5.01. The average Bonchev–Trinajstić information content (AvgIpc) is 2.87. The van der Waals surface area contributed by atoms with Gasteiger partial charge in [0.05, 0.1) is 0 Å². The molecule has 0 aliphatic heterocycles. The first-order chi connectivity index (χ1) is 9.22. The highest BCUT2D eigenvalue weighted by Crippen LogP contribution is 2.27. The van der Waals surface area contributed by atoms with E-state index in [1.807, 2.05) is 0 Å². The lowest BCUT2D eigenvalue weighted by molar-refractivity contribution is 0.403. The van der Waals surface area contributed by atoms with Crippen molar-refractivity contribution in [1.82, 2.24) is 0 Å². The summed E-state index contributed by atoms with van der Waals surface area (Å²) in [6.07, 6.45) is 3.62. The van der Waals surface area contributed by atoms with Gasteiger partial charge in [0.15, 0.2) is 11.5 Å². The molecule has 98 valence electrons. The van der Waals surface area contributed by atoms with Gasteiger partial charge in [-0.15, -0.1) is 0 Å². The molecule has 0 saturated heterocycles. The fourth-order valence-electron chi connectivity index (χ4n) is 2.56. The number of aryl methyl sites for hydroxylation is 2. The Hall–Kier alpha value is -2.16. The molecule has 3 N–H and O–H groups in total. The summed E-state index contributed by atoms with van der Waals surface area (Å²) in [6, 6.07) is 11.4. The third-order valence-electron chi connectivity index (χ3n) is 3.63. The van der Waals surface area contributed by atoms with Gasteiger partial charge in [-0.2, -0.15) is 0 Å². The number of fused-ring (bicyclic) bond motifs is 1. The van der Waals surface area contributed by atoms with Crippen molar-refractivity contribution in [3.63, 3.8) is 0 Å². The molecule has 3 heteroatoms. The monoisotopic (exact) mass is 255 g/mol. The summed E-state index contributed by atoms with van der Waals surface area (Å²) in [7, 11) is 0. The molecule has 1 aliphatic carbocycles. The summed E-state index contributed by atoms with van der Waals surface area (Å²) in [5.74, 6) is -0.158. The Kier molecular flexibility index (Phi) is 3.03. The number of hydrogen-bond donors (Lipinski definition) is 3. The largest absolute Gasteiger partial charge is 0.504 e. The van der Waals surface area contributed by atoms with E-state index in [1.54, 1.807) is 12.1 Å². The van der Waals surface area contributed by atoms with Crippen LogP contribution in [0.1, 0.15) is 23.1 Å². The zero-order valence-corrected chi connectivity index (χ0v) is 10.7. The minimum Gasteiger partial charge on any atom is -0.504 e. The van der Waals surface area contributed by atoms with Crippen LogP contribution < -0.4 is 5.32 Å². The van der Waals surface area contributed by atoms with E-state index in [0.29, 0.717) is 6.54 Å². The maximum Gasteiger partial charge on any atom is 0.157 e. The topological polar surface area (TPSA) is 52.5 Å². The van der Waals surface area contributed by atoms with Crippen LogP contribution in [0.15, 0.2) is 36.4 Å². The molecule has 1 aliphatic rings. The number of hydrogen-bond acceptors (Lipinski definition) is 3. The van der Waals surface area contributed by atoms with Crippen LogP contribution in [0.5, 0.6) is 11.5 Å². The second kappa shape index (κ2) is 4.84. The van der Waals surface area contributed by atoms with Gasteiger partial charge in [0, 0.05) is 12.2 Å². The third kappa shape index (κ3) is 2.50. The number of benzene rings is 2. The van der Waals surface area contributed by atoms with Crippen molar-refractivity contribution in [2.45, 2.75) is 25.8 Å². The molecule has 0 atom stereocenters. The van der Waals surface area contributed by atoms with Gasteiger partial charge in [-0.25, -0.2) is 0 Å². The van der Waals surface area contributed by atoms with E-state index in [0.717, 1.165) is 11.3 Å². The average molecular weight is 255 g/mol. The summed E-state index contributed by atoms with van der Waals surface area (Å²) in [6.45, 7) is 0.632. The molecular formula is C16H17NO2. The van der Waals surface area contributed by atoms with E-state index in [9.17, 15) is 10.2 Å². The van der Waals surface area contributed by atoms with Gasteiger partial charge in [-0.1, -0.05) is 12.1 Å². The summed E-state index contributed by atoms with van der Waals surface area (Å²) in [4.78, 5) is 0. The third-order valence-corrected chi connectivity index (χ3v) is 3.63. The molecule has 0 fully saturated rings. The van der Waals surface area contributed by atoms with Crippen molar-refractivity contribution >= 4 is 5.69 Å². The molecule has 0 bridgehead atoms. The number of aromatic hydroxyl groups is 2. The maximum atomic E-state index is 9.45. The lowest BCUT2D eigenvalue weighted by atomic mass is 10.1. The fourth-order valence-corrected chi connectivity index (χ4v) is 2.56. The lowest BCUT2D eigenvalue weighted by Gasteiger charge is -2.09. The molecule has 0 saturated carbocycles. The van der Waals surface area contributed by atoms with Gasteiger partial charge in [-0.3, -0.25) is 0 Å². The smallest absolute Gasteiger partial charge is 0.157 e. The van der Waals surface area contributed by atoms with E-state index in [4.69, 9.17) is 0 Å². The molecule has 2 aromatic carbocycles. The van der Waals surface area contributed by atoms with Crippen molar-refractivity contribution in [3.8, 4) is 11.5 Å². The summed E-state index contributed by atoms with van der Waals surface area (Å²) in [5, 5.41) is 22.1. The van der Waals surface area contributed by atoms with E-state index in [2.05, 4.69) is 23.5 Å². The van der Waals surface area contributed by atoms with Crippen molar-refractivity contribution < 1.29 is 10.2 Å². The van der Waals surface area contributed by atoms with Crippen molar-refractivity contribution in [1.29, 1.82) is 0 Å². The Morgan fingerprint density at radius 3 is 2.58 bits per heavy atom. The molecule has 0 radical (unpaired) electrons. The highest BCUT2D eigenvalue weighted by molar-refractivity contribution is 5.51. The molecule has 0 amide bonds. The molecule has 3 nitrogen and oxygen atoms in total. The zero-order chi connectivity index (χ0) is 13.2. The minimum atomic E-state index is -0.0821. The molecule has 3 rings (SSSR count). The Labute approximate surface area is 112 Å². The zero-order valence-electron chi connectivity index (χ0n) is 10.7. The lowest BCUT2D eigenvalue weighted by Crippen LogP contribution is -1.99. The quantitative estimate of drug-likeness (QED) is 0.738. The van der Waals surface area contributed by atoms with Crippen LogP contribution in [0.4, 0.5) is 5.69 Å². The van der Waals surface area contributed by atoms with Gasteiger partial charge in [0.2, 0.25) is 0 Å². The number of rotatable bonds is 3. The molecule has 0 heterocycles. The van der Waals surface area contributed by atoms with Gasteiger partial charge < -0.3 is 15.5 Å². The number of phenolic OH excluding ortho intramolecular Hbond substituents is 2. The second-order valence-corrected chi connectivity index (χ2v) is 5.01. The molecule has 19 heavy (non-hydrogen) atoms. The first-order valence-electron chi connectivity index (χ1n) is 6.59. The normalized spacial score (nSPS) is 13.3. The van der Waals surface area contributed by atoms with Crippen LogP contribution in [0.25, 0.3) is 0 Å². The molecule has 0 spiro atoms. The Morgan fingerprint density at radius 2 is 1.74 bits per heavy atom. The SMILES string of the molecule is Oc1ccc(CNc2ccc3c(c2)CCC3)cc1O. The van der Waals surface area contributed by atoms with Crippen LogP contribution in [0.2, 0.25) is 0 Å². The number of phenols is 2. The van der Waals surface area contributed by atoms with Gasteiger partial charge in [-0.05, 0) is 60.2 Å². The van der Waals surface area contributed by atoms with Crippen molar-refractivity contribution in [2.24, 2.45) is 0 Å². The van der Waals surface area contributed by atoms with Gasteiger partial charge in [0.1, 0.15) is 0 Å². The Balaban J connectivity index is 1.70. The molecule has 0 unspecified atom stereocenters. The first kappa shape index (κ1) is 11.9. The van der Waals surface area contributed by atoms with Crippen LogP contribution in [-0.4, -0.2) is 10.2 Å². The van der Waals surface area contributed by atoms with E-state index < -0.39 is 0 Å². The molecular weight excluding hydrogens is 238 g/mol. The number of nitrogens with one attached hydrogen (secondary N) is 1. The molecule has 0 aromatic heterocycles. The maximum absolute atomic E-state index is 9.45. The van der Waals surface area contributed by atoms with Crippen molar-refractivity contribution in [2.75, 3.05) is 5.32 Å². The van der Waals surface area contributed by atoms with E-state index in [1.165, 1.54) is 36.5 Å². The van der Waals surface area contributed by atoms with Gasteiger partial charge >= 0.3 is 0 Å². The first-order valence-corrected chi connectivity index (χ1v) is 6.59. The van der Waals surface area contributed by atoms with Crippen LogP contribution >= 0.6 is 0 Å². The van der Waals surface area contributed by atoms with Gasteiger partial charge in [0.25, 0.3) is 0 Å². The number of anilines is 1. The highest BCUT2D eigenvalue weighted by atomic mass is 16.3. The molecule has 2 aromatic rings. The predicted octanol–water partition coefficient (Wildman–Crippen LogP) is 3.20. The van der Waals surface area contributed by atoms with Crippen molar-refractivity contribution in [3.05, 3.63) is 53.1 Å². The van der Waals surface area contributed by atoms with Crippen LogP contribution in [0.3, 0.4) is 0 Å². The summed E-state index contributed by atoms with van der Waals surface area (Å²) in [5.41, 5.74) is 4.95. The van der Waals surface area contributed by atoms with E-state index >= 15 is 0 Å². The Morgan fingerprint density at radius 1 is 0.895 bits per heavy atom. The van der Waals surface area contributed by atoms with E-state index in [-0.39, 0.29) is 11.5 Å². The predicted molar refractivity (Wildman–Crippen MR) is 75.6 cm³/mol. The minimum absolute atomic E-state index is 0.0757.